The molecular formula is C17H15ClN4O4. The Balaban J connectivity index is 1.68. The van der Waals surface area contributed by atoms with Gasteiger partial charge in [0.25, 0.3) is 5.91 Å². The van der Waals surface area contributed by atoms with Crippen molar-refractivity contribution in [1.82, 2.24) is 20.3 Å². The van der Waals surface area contributed by atoms with E-state index in [4.69, 9.17) is 16.0 Å². The highest BCUT2D eigenvalue weighted by atomic mass is 35.5. The van der Waals surface area contributed by atoms with Gasteiger partial charge in [0.05, 0.1) is 30.6 Å². The number of esters is 1. The molecule has 9 heteroatoms. The van der Waals surface area contributed by atoms with Gasteiger partial charge in [0.2, 0.25) is 0 Å². The number of carbonyl (C=O) groups is 2. The smallest absolute Gasteiger partial charge is 0.341 e. The molecule has 2 heterocycles. The van der Waals surface area contributed by atoms with Crippen LogP contribution in [0.2, 0.25) is 5.02 Å². The zero-order chi connectivity index (χ0) is 18.7. The Morgan fingerprint density at radius 2 is 2.12 bits per heavy atom. The molecular weight excluding hydrogens is 360 g/mol. The Morgan fingerprint density at radius 1 is 1.35 bits per heavy atom. The molecule has 0 fully saturated rings. The molecule has 0 atom stereocenters. The van der Waals surface area contributed by atoms with E-state index in [2.05, 4.69) is 20.4 Å². The zero-order valence-electron chi connectivity index (χ0n) is 14.0. The fourth-order valence-electron chi connectivity index (χ4n) is 2.32. The number of nitrogens with one attached hydrogen (secondary N) is 1. The Bertz CT molecular complexity index is 963. The summed E-state index contributed by atoms with van der Waals surface area (Å²) in [5, 5.41) is 10.9. The summed E-state index contributed by atoms with van der Waals surface area (Å²) in [5.41, 5.74) is 1.06. The van der Waals surface area contributed by atoms with Crippen LogP contribution in [0, 0.1) is 6.92 Å². The molecule has 0 spiro atoms. The normalized spacial score (nSPS) is 10.6. The lowest BCUT2D eigenvalue weighted by Crippen LogP contribution is -2.23. The minimum Gasteiger partial charge on any atom is -0.465 e. The maximum absolute atomic E-state index is 12.2. The van der Waals surface area contributed by atoms with E-state index in [0.717, 1.165) is 0 Å². The van der Waals surface area contributed by atoms with Crippen LogP contribution in [0.4, 0.5) is 0 Å². The van der Waals surface area contributed by atoms with Gasteiger partial charge in [-0.15, -0.1) is 5.10 Å². The summed E-state index contributed by atoms with van der Waals surface area (Å²) in [4.78, 5) is 23.8. The number of aryl methyl sites for hydroxylation is 1. The fraction of sp³-hybridized carbons (Fsp3) is 0.176. The van der Waals surface area contributed by atoms with Crippen molar-refractivity contribution in [3.05, 3.63) is 64.3 Å². The van der Waals surface area contributed by atoms with Gasteiger partial charge in [-0.25, -0.2) is 9.48 Å². The average Bonchev–Trinajstić information content (AvgIpc) is 3.26. The van der Waals surface area contributed by atoms with Crippen molar-refractivity contribution in [3.63, 3.8) is 0 Å². The molecule has 3 aromatic rings. The Labute approximate surface area is 153 Å². The number of benzene rings is 1. The zero-order valence-corrected chi connectivity index (χ0v) is 14.8. The van der Waals surface area contributed by atoms with Gasteiger partial charge in [-0.2, -0.15) is 0 Å². The molecule has 0 saturated carbocycles. The van der Waals surface area contributed by atoms with E-state index >= 15 is 0 Å². The van der Waals surface area contributed by atoms with Gasteiger partial charge in [-0.1, -0.05) is 28.9 Å². The number of halogens is 1. The summed E-state index contributed by atoms with van der Waals surface area (Å²) in [6.07, 6.45) is 1.48. The molecule has 1 amide bonds. The predicted molar refractivity (Wildman–Crippen MR) is 92.3 cm³/mol. The van der Waals surface area contributed by atoms with Crippen molar-refractivity contribution >= 4 is 23.5 Å². The van der Waals surface area contributed by atoms with Crippen molar-refractivity contribution in [3.8, 4) is 5.69 Å². The number of hydrogen-bond acceptors (Lipinski definition) is 6. The van der Waals surface area contributed by atoms with Crippen LogP contribution in [0.1, 0.15) is 32.4 Å². The third kappa shape index (κ3) is 3.60. The topological polar surface area (TPSA) is 99.2 Å². The van der Waals surface area contributed by atoms with Crippen LogP contribution in [0.15, 0.2) is 40.9 Å². The lowest BCUT2D eigenvalue weighted by atomic mass is 10.2. The number of para-hydroxylation sites is 1. The largest absolute Gasteiger partial charge is 0.465 e. The highest BCUT2D eigenvalue weighted by Crippen LogP contribution is 2.19. The van der Waals surface area contributed by atoms with Crippen molar-refractivity contribution in [2.24, 2.45) is 0 Å². The second kappa shape index (κ2) is 7.40. The molecule has 2 aromatic heterocycles. The molecule has 0 unspecified atom stereocenters. The summed E-state index contributed by atoms with van der Waals surface area (Å²) in [5.74, 6) is -0.0796. The van der Waals surface area contributed by atoms with Crippen molar-refractivity contribution < 1.29 is 18.7 Å². The maximum atomic E-state index is 12.2. The molecule has 134 valence electrons. The number of furan rings is 1. The minimum atomic E-state index is -0.494. The Hall–Kier alpha value is -3.13. The van der Waals surface area contributed by atoms with Gasteiger partial charge in [0.1, 0.15) is 17.1 Å². The van der Waals surface area contributed by atoms with E-state index in [1.807, 2.05) is 0 Å². The van der Waals surface area contributed by atoms with Crippen LogP contribution in [-0.4, -0.2) is 34.0 Å². The van der Waals surface area contributed by atoms with Crippen LogP contribution in [0.3, 0.4) is 0 Å². The first kappa shape index (κ1) is 17.7. The standard InChI is InChI=1S/C17H15ClN4O4/c1-10-12(17(24)25-2)7-11(26-10)8-19-16(23)14-9-22(21-20-14)15-6-4-3-5-13(15)18/h3-7,9H,8H2,1-2H3,(H,19,23). The number of nitrogens with zero attached hydrogens (tertiary/aromatic N) is 3. The van der Waals surface area contributed by atoms with Gasteiger partial charge in [0, 0.05) is 0 Å². The van der Waals surface area contributed by atoms with E-state index in [1.165, 1.54) is 24.1 Å². The van der Waals surface area contributed by atoms with Gasteiger partial charge in [0.15, 0.2) is 5.69 Å². The van der Waals surface area contributed by atoms with E-state index in [-0.39, 0.29) is 12.2 Å². The van der Waals surface area contributed by atoms with Crippen molar-refractivity contribution in [2.75, 3.05) is 7.11 Å². The number of aromatic nitrogens is 3. The highest BCUT2D eigenvalue weighted by Gasteiger charge is 2.17. The summed E-state index contributed by atoms with van der Waals surface area (Å²) in [6.45, 7) is 1.74. The molecule has 8 nitrogen and oxygen atoms in total. The van der Waals surface area contributed by atoms with Crippen LogP contribution in [0.5, 0.6) is 0 Å². The van der Waals surface area contributed by atoms with Gasteiger partial charge in [-0.3, -0.25) is 4.79 Å². The molecule has 0 saturated heterocycles. The molecule has 3 rings (SSSR count). The van der Waals surface area contributed by atoms with Crippen LogP contribution in [-0.2, 0) is 11.3 Å². The van der Waals surface area contributed by atoms with Crippen LogP contribution in [0.25, 0.3) is 5.69 Å². The monoisotopic (exact) mass is 374 g/mol. The second-order valence-electron chi connectivity index (χ2n) is 5.36. The van der Waals surface area contributed by atoms with Crippen LogP contribution < -0.4 is 5.32 Å². The number of amides is 1. The number of hydrogen-bond donors (Lipinski definition) is 1. The number of carbonyl (C=O) groups excluding carboxylic acids is 2. The molecule has 0 aliphatic rings. The number of rotatable bonds is 5. The van der Waals surface area contributed by atoms with E-state index in [9.17, 15) is 9.59 Å². The summed E-state index contributed by atoms with van der Waals surface area (Å²) in [6, 6.07) is 8.61. The molecule has 0 aliphatic heterocycles. The molecule has 26 heavy (non-hydrogen) atoms. The quantitative estimate of drug-likeness (QED) is 0.689. The maximum Gasteiger partial charge on any atom is 0.341 e. The first-order chi connectivity index (χ1) is 12.5. The predicted octanol–water partition coefficient (Wildman–Crippen LogP) is 2.54. The van der Waals surface area contributed by atoms with Crippen LogP contribution >= 0.6 is 11.6 Å². The van der Waals surface area contributed by atoms with Crippen molar-refractivity contribution in [2.45, 2.75) is 13.5 Å². The Morgan fingerprint density at radius 3 is 2.85 bits per heavy atom. The molecule has 1 aromatic carbocycles. The van der Waals surface area contributed by atoms with Gasteiger partial charge >= 0.3 is 5.97 Å². The van der Waals surface area contributed by atoms with Gasteiger partial charge < -0.3 is 14.5 Å². The first-order valence-electron chi connectivity index (χ1n) is 7.62. The average molecular weight is 375 g/mol. The molecule has 0 bridgehead atoms. The SMILES string of the molecule is COC(=O)c1cc(CNC(=O)c2cn(-c3ccccc3Cl)nn2)oc1C. The molecule has 0 aliphatic carbocycles. The third-order valence-corrected chi connectivity index (χ3v) is 3.94. The summed E-state index contributed by atoms with van der Waals surface area (Å²) in [7, 11) is 1.29. The van der Waals surface area contributed by atoms with Crippen molar-refractivity contribution in [1.29, 1.82) is 0 Å². The number of methoxy groups -OCH3 is 1. The summed E-state index contributed by atoms with van der Waals surface area (Å²) >= 11 is 6.10. The fourth-order valence-corrected chi connectivity index (χ4v) is 2.55. The molecule has 0 radical (unpaired) electrons. The molecule has 1 N–H and O–H groups in total. The minimum absolute atomic E-state index is 0.0929. The summed E-state index contributed by atoms with van der Waals surface area (Å²) < 4.78 is 11.5. The lowest BCUT2D eigenvalue weighted by Gasteiger charge is -2.01. The van der Waals surface area contributed by atoms with E-state index < -0.39 is 11.9 Å². The second-order valence-corrected chi connectivity index (χ2v) is 5.76. The Kier molecular flexibility index (Phi) is 5.04. The lowest BCUT2D eigenvalue weighted by molar-refractivity contribution is 0.0598. The highest BCUT2D eigenvalue weighted by molar-refractivity contribution is 6.32. The first-order valence-corrected chi connectivity index (χ1v) is 8.00. The van der Waals surface area contributed by atoms with E-state index in [1.54, 1.807) is 31.2 Å². The number of ether oxygens (including phenoxy) is 1. The third-order valence-electron chi connectivity index (χ3n) is 3.62. The van der Waals surface area contributed by atoms with Gasteiger partial charge in [-0.05, 0) is 25.1 Å². The van der Waals surface area contributed by atoms with E-state index in [0.29, 0.717) is 27.8 Å².